The van der Waals surface area contributed by atoms with Crippen molar-refractivity contribution >= 4 is 28.3 Å². The second kappa shape index (κ2) is 13.0. The van der Waals surface area contributed by atoms with Gasteiger partial charge in [-0.3, -0.25) is 9.59 Å². The standard InChI is InChI=1S/C22H32N4O3S/c1-4-6-7-8-9-20(28)26(15-5-2)16-14-19(27)23-22-25-24-21(30-22)17-10-12-18(29-3)13-11-17/h10-13H,4-9,14-16H2,1-3H3,(H,23,25,27). The van der Waals surface area contributed by atoms with E-state index in [-0.39, 0.29) is 18.2 Å². The Kier molecular flexibility index (Phi) is 10.3. The van der Waals surface area contributed by atoms with Gasteiger partial charge in [0.05, 0.1) is 7.11 Å². The van der Waals surface area contributed by atoms with Gasteiger partial charge in [0.25, 0.3) is 0 Å². The first-order chi connectivity index (χ1) is 14.6. The van der Waals surface area contributed by atoms with Crippen molar-refractivity contribution in [3.05, 3.63) is 24.3 Å². The number of unbranched alkanes of at least 4 members (excludes halogenated alkanes) is 3. The normalized spacial score (nSPS) is 10.6. The molecule has 2 rings (SSSR count). The summed E-state index contributed by atoms with van der Waals surface area (Å²) in [7, 11) is 1.62. The second-order valence-corrected chi connectivity index (χ2v) is 8.11. The molecule has 0 aliphatic carbocycles. The lowest BCUT2D eigenvalue weighted by Crippen LogP contribution is -2.34. The van der Waals surface area contributed by atoms with Crippen LogP contribution in [0.2, 0.25) is 0 Å². The summed E-state index contributed by atoms with van der Waals surface area (Å²) >= 11 is 1.32. The molecule has 1 aromatic carbocycles. The number of rotatable bonds is 13. The minimum atomic E-state index is -0.160. The SMILES string of the molecule is CCCCCCC(=O)N(CCC)CCC(=O)Nc1nnc(-c2ccc(OC)cc2)s1. The van der Waals surface area contributed by atoms with Gasteiger partial charge in [0, 0.05) is 31.5 Å². The Morgan fingerprint density at radius 3 is 2.43 bits per heavy atom. The van der Waals surface area contributed by atoms with Crippen LogP contribution in [0, 0.1) is 0 Å². The molecule has 2 aromatic rings. The first kappa shape index (κ1) is 23.8. The van der Waals surface area contributed by atoms with Crippen LogP contribution in [0.25, 0.3) is 10.6 Å². The number of amides is 2. The molecule has 0 bridgehead atoms. The third-order valence-electron chi connectivity index (χ3n) is 4.71. The van der Waals surface area contributed by atoms with Crippen molar-refractivity contribution in [2.45, 2.75) is 58.8 Å². The summed E-state index contributed by atoms with van der Waals surface area (Å²) in [5.74, 6) is 0.749. The van der Waals surface area contributed by atoms with Gasteiger partial charge in [0.2, 0.25) is 16.9 Å². The van der Waals surface area contributed by atoms with Crippen LogP contribution < -0.4 is 10.1 Å². The predicted octanol–water partition coefficient (Wildman–Crippen LogP) is 4.75. The lowest BCUT2D eigenvalue weighted by molar-refractivity contribution is -0.131. The minimum Gasteiger partial charge on any atom is -0.497 e. The minimum absolute atomic E-state index is 0.137. The number of carbonyl (C=O) groups is 2. The molecule has 0 saturated carbocycles. The highest BCUT2D eigenvalue weighted by molar-refractivity contribution is 7.18. The van der Waals surface area contributed by atoms with Crippen LogP contribution in [-0.2, 0) is 9.59 Å². The van der Waals surface area contributed by atoms with E-state index in [0.29, 0.717) is 24.6 Å². The number of carbonyl (C=O) groups excluding carboxylic acids is 2. The molecule has 7 nitrogen and oxygen atoms in total. The number of benzene rings is 1. The topological polar surface area (TPSA) is 84.4 Å². The van der Waals surface area contributed by atoms with E-state index in [1.54, 1.807) is 12.0 Å². The molecule has 2 amide bonds. The Morgan fingerprint density at radius 2 is 1.77 bits per heavy atom. The van der Waals surface area contributed by atoms with Gasteiger partial charge in [0.1, 0.15) is 10.8 Å². The summed E-state index contributed by atoms with van der Waals surface area (Å²) < 4.78 is 5.16. The first-order valence-electron chi connectivity index (χ1n) is 10.6. The monoisotopic (exact) mass is 432 g/mol. The highest BCUT2D eigenvalue weighted by Crippen LogP contribution is 2.27. The fourth-order valence-corrected chi connectivity index (χ4v) is 3.80. The molecule has 8 heteroatoms. The molecule has 164 valence electrons. The van der Waals surface area contributed by atoms with Crippen molar-refractivity contribution in [2.24, 2.45) is 0 Å². The summed E-state index contributed by atoms with van der Waals surface area (Å²) in [6.07, 6.45) is 5.99. The Balaban J connectivity index is 1.83. The molecular weight excluding hydrogens is 400 g/mol. The molecule has 1 aromatic heterocycles. The second-order valence-electron chi connectivity index (χ2n) is 7.13. The maximum atomic E-state index is 12.4. The van der Waals surface area contributed by atoms with Crippen molar-refractivity contribution < 1.29 is 14.3 Å². The molecule has 0 aliphatic rings. The average Bonchev–Trinajstić information content (AvgIpc) is 3.22. The van der Waals surface area contributed by atoms with Crippen LogP contribution in [0.5, 0.6) is 5.75 Å². The molecule has 30 heavy (non-hydrogen) atoms. The molecule has 0 unspecified atom stereocenters. The first-order valence-corrected chi connectivity index (χ1v) is 11.4. The lowest BCUT2D eigenvalue weighted by atomic mass is 10.1. The van der Waals surface area contributed by atoms with E-state index >= 15 is 0 Å². The lowest BCUT2D eigenvalue weighted by Gasteiger charge is -2.21. The zero-order valence-corrected chi connectivity index (χ0v) is 19.0. The van der Waals surface area contributed by atoms with Crippen LogP contribution in [0.3, 0.4) is 0 Å². The Morgan fingerprint density at radius 1 is 1.00 bits per heavy atom. The van der Waals surface area contributed by atoms with E-state index < -0.39 is 0 Å². The van der Waals surface area contributed by atoms with Crippen LogP contribution in [0.4, 0.5) is 5.13 Å². The van der Waals surface area contributed by atoms with E-state index in [2.05, 4.69) is 22.4 Å². The number of methoxy groups -OCH3 is 1. The maximum Gasteiger partial charge on any atom is 0.227 e. The Labute approximate surface area is 182 Å². The molecule has 0 radical (unpaired) electrons. The summed E-state index contributed by atoms with van der Waals surface area (Å²) in [6.45, 7) is 5.30. The van der Waals surface area contributed by atoms with Gasteiger partial charge >= 0.3 is 0 Å². The fourth-order valence-electron chi connectivity index (χ4n) is 3.03. The van der Waals surface area contributed by atoms with E-state index in [1.807, 2.05) is 31.2 Å². The van der Waals surface area contributed by atoms with E-state index in [1.165, 1.54) is 11.3 Å². The Hall–Kier alpha value is -2.48. The van der Waals surface area contributed by atoms with Gasteiger partial charge in [-0.1, -0.05) is 44.4 Å². The molecule has 0 spiro atoms. The summed E-state index contributed by atoms with van der Waals surface area (Å²) in [4.78, 5) is 26.6. The number of anilines is 1. The smallest absolute Gasteiger partial charge is 0.227 e. The number of hydrogen-bond acceptors (Lipinski definition) is 6. The van der Waals surface area contributed by atoms with Crippen molar-refractivity contribution in [3.63, 3.8) is 0 Å². The molecule has 1 N–H and O–H groups in total. The van der Waals surface area contributed by atoms with E-state index in [4.69, 9.17) is 4.74 Å². The average molecular weight is 433 g/mol. The fraction of sp³-hybridized carbons (Fsp3) is 0.545. The van der Waals surface area contributed by atoms with Crippen LogP contribution >= 0.6 is 11.3 Å². The van der Waals surface area contributed by atoms with Gasteiger partial charge in [0.15, 0.2) is 0 Å². The van der Waals surface area contributed by atoms with Crippen molar-refractivity contribution in [2.75, 3.05) is 25.5 Å². The highest BCUT2D eigenvalue weighted by atomic mass is 32.1. The van der Waals surface area contributed by atoms with Gasteiger partial charge in [-0.25, -0.2) is 0 Å². The molecule has 0 saturated heterocycles. The van der Waals surface area contributed by atoms with Crippen LogP contribution in [0.1, 0.15) is 58.8 Å². The molecule has 1 heterocycles. The van der Waals surface area contributed by atoms with E-state index in [9.17, 15) is 9.59 Å². The zero-order chi connectivity index (χ0) is 21.8. The quantitative estimate of drug-likeness (QED) is 0.462. The zero-order valence-electron chi connectivity index (χ0n) is 18.1. The van der Waals surface area contributed by atoms with Gasteiger partial charge in [-0.2, -0.15) is 0 Å². The van der Waals surface area contributed by atoms with Gasteiger partial charge in [-0.15, -0.1) is 10.2 Å². The summed E-state index contributed by atoms with van der Waals surface area (Å²) in [5, 5.41) is 12.2. The van der Waals surface area contributed by atoms with Crippen molar-refractivity contribution in [3.8, 4) is 16.3 Å². The molecule has 0 fully saturated rings. The number of nitrogens with zero attached hydrogens (tertiary/aromatic N) is 3. The van der Waals surface area contributed by atoms with Crippen LogP contribution in [-0.4, -0.2) is 47.1 Å². The Bertz CT molecular complexity index is 792. The summed E-state index contributed by atoms with van der Waals surface area (Å²) in [6, 6.07) is 7.52. The predicted molar refractivity (Wildman–Crippen MR) is 121 cm³/mol. The summed E-state index contributed by atoms with van der Waals surface area (Å²) in [5.41, 5.74) is 0.914. The number of ether oxygens (including phenoxy) is 1. The molecule has 0 atom stereocenters. The van der Waals surface area contributed by atoms with Gasteiger partial charge < -0.3 is 15.0 Å². The van der Waals surface area contributed by atoms with Crippen molar-refractivity contribution in [1.29, 1.82) is 0 Å². The van der Waals surface area contributed by atoms with Crippen molar-refractivity contribution in [1.82, 2.24) is 15.1 Å². The highest BCUT2D eigenvalue weighted by Gasteiger charge is 2.15. The third kappa shape index (κ3) is 7.74. The van der Waals surface area contributed by atoms with Gasteiger partial charge in [-0.05, 0) is 37.1 Å². The molecule has 0 aliphatic heterocycles. The number of aromatic nitrogens is 2. The number of hydrogen-bond donors (Lipinski definition) is 1. The molecular formula is C22H32N4O3S. The van der Waals surface area contributed by atoms with Crippen LogP contribution in [0.15, 0.2) is 24.3 Å². The maximum absolute atomic E-state index is 12.4. The largest absolute Gasteiger partial charge is 0.497 e. The van der Waals surface area contributed by atoms with E-state index in [0.717, 1.165) is 48.4 Å². The number of nitrogens with one attached hydrogen (secondary N) is 1. The third-order valence-corrected chi connectivity index (χ3v) is 5.60.